The van der Waals surface area contributed by atoms with Gasteiger partial charge in [0.15, 0.2) is 0 Å². The maximum Gasteiger partial charge on any atom is 0.332 e. The van der Waals surface area contributed by atoms with Crippen LogP contribution in [-0.2, 0) is 24.4 Å². The predicted molar refractivity (Wildman–Crippen MR) is 140 cm³/mol. The van der Waals surface area contributed by atoms with Crippen LogP contribution in [0.15, 0.2) is 36.4 Å². The van der Waals surface area contributed by atoms with Crippen LogP contribution in [0.2, 0.25) is 0 Å². The number of esters is 1. The second kappa shape index (κ2) is 12.5. The van der Waals surface area contributed by atoms with Crippen molar-refractivity contribution in [1.29, 1.82) is 0 Å². The van der Waals surface area contributed by atoms with Crippen molar-refractivity contribution in [2.45, 2.75) is 122 Å². The number of carbonyl (C=O) groups is 1. The van der Waals surface area contributed by atoms with Crippen molar-refractivity contribution in [1.82, 2.24) is 0 Å². The van der Waals surface area contributed by atoms with E-state index in [1.807, 2.05) is 6.08 Å². The van der Waals surface area contributed by atoms with E-state index in [1.165, 1.54) is 88.7 Å². The van der Waals surface area contributed by atoms with E-state index in [2.05, 4.69) is 38.1 Å². The monoisotopic (exact) mass is 482 g/mol. The summed E-state index contributed by atoms with van der Waals surface area (Å²) in [6, 6.07) is 9.12. The number of benzene rings is 1. The number of fused-ring (bicyclic) bond motifs is 3. The maximum atomic E-state index is 12.0. The minimum absolute atomic E-state index is 0.106. The summed E-state index contributed by atoms with van der Waals surface area (Å²) < 4.78 is 17.2. The molecule has 3 saturated carbocycles. The van der Waals surface area contributed by atoms with Crippen LogP contribution >= 0.6 is 0 Å². The summed E-state index contributed by atoms with van der Waals surface area (Å²) in [7, 11) is 0. The third-order valence-corrected chi connectivity index (χ3v) is 8.95. The molecule has 5 rings (SSSR count). The van der Waals surface area contributed by atoms with Gasteiger partial charge in [-0.05, 0) is 79.7 Å². The van der Waals surface area contributed by atoms with Gasteiger partial charge in [0.1, 0.15) is 12.7 Å². The molecule has 1 saturated heterocycles. The van der Waals surface area contributed by atoms with Gasteiger partial charge in [0, 0.05) is 6.08 Å². The molecule has 194 valence electrons. The SMILES string of the molecule is CCCCCC=CC(=O)O[C@@H]1CO[C@@H](c2ccc(C34CCC(CCCCC)(CC3)CC4)cc2)CO1. The first kappa shape index (κ1) is 26.4. The van der Waals surface area contributed by atoms with Crippen molar-refractivity contribution in [3.05, 3.63) is 47.5 Å². The smallest absolute Gasteiger partial charge is 0.332 e. The number of rotatable bonds is 12. The van der Waals surface area contributed by atoms with E-state index in [4.69, 9.17) is 14.2 Å². The van der Waals surface area contributed by atoms with Crippen LogP contribution in [-0.4, -0.2) is 25.5 Å². The highest BCUT2D eigenvalue weighted by atomic mass is 16.7. The topological polar surface area (TPSA) is 44.8 Å². The summed E-state index contributed by atoms with van der Waals surface area (Å²) >= 11 is 0. The molecular formula is C31H46O4. The number of ether oxygens (including phenoxy) is 3. The fraction of sp³-hybridized carbons (Fsp3) is 0.710. The Morgan fingerprint density at radius 1 is 0.914 bits per heavy atom. The Hall–Kier alpha value is -1.65. The first-order chi connectivity index (χ1) is 17.1. The number of unbranched alkanes of at least 4 members (excludes halogenated alkanes) is 5. The van der Waals surface area contributed by atoms with Crippen LogP contribution in [0.5, 0.6) is 0 Å². The van der Waals surface area contributed by atoms with Gasteiger partial charge in [-0.3, -0.25) is 0 Å². The lowest BCUT2D eigenvalue weighted by molar-refractivity contribution is -0.230. The normalized spacial score (nSPS) is 30.6. The van der Waals surface area contributed by atoms with Crippen molar-refractivity contribution >= 4 is 5.97 Å². The van der Waals surface area contributed by atoms with Crippen LogP contribution in [0.25, 0.3) is 0 Å². The number of carbonyl (C=O) groups excluding carboxylic acids is 1. The first-order valence-electron chi connectivity index (χ1n) is 14.3. The van der Waals surface area contributed by atoms with Crippen molar-refractivity contribution in [2.24, 2.45) is 5.41 Å². The van der Waals surface area contributed by atoms with Gasteiger partial charge in [-0.2, -0.15) is 0 Å². The summed E-state index contributed by atoms with van der Waals surface area (Å²) in [5, 5.41) is 0. The Morgan fingerprint density at radius 2 is 1.60 bits per heavy atom. The summed E-state index contributed by atoms with van der Waals surface area (Å²) in [5.74, 6) is -0.355. The zero-order chi connectivity index (χ0) is 24.6. The second-order valence-electron chi connectivity index (χ2n) is 11.3. The Labute approximate surface area is 212 Å². The molecule has 0 aromatic heterocycles. The molecule has 4 heteroatoms. The van der Waals surface area contributed by atoms with Gasteiger partial charge in [0.25, 0.3) is 0 Å². The zero-order valence-electron chi connectivity index (χ0n) is 22.1. The Kier molecular flexibility index (Phi) is 9.46. The number of hydrogen-bond donors (Lipinski definition) is 0. The Morgan fingerprint density at radius 3 is 2.23 bits per heavy atom. The highest BCUT2D eigenvalue weighted by molar-refractivity contribution is 5.81. The van der Waals surface area contributed by atoms with E-state index in [-0.39, 0.29) is 18.7 Å². The summed E-state index contributed by atoms with van der Waals surface area (Å²) in [6.45, 7) is 5.15. The van der Waals surface area contributed by atoms with Gasteiger partial charge in [-0.25, -0.2) is 4.79 Å². The van der Waals surface area contributed by atoms with Gasteiger partial charge >= 0.3 is 5.97 Å². The molecule has 0 amide bonds. The molecule has 1 heterocycles. The molecule has 35 heavy (non-hydrogen) atoms. The molecule has 0 spiro atoms. The number of allylic oxidation sites excluding steroid dienone is 1. The van der Waals surface area contributed by atoms with Gasteiger partial charge in [0.2, 0.25) is 6.29 Å². The van der Waals surface area contributed by atoms with Crippen molar-refractivity contribution < 1.29 is 19.0 Å². The first-order valence-corrected chi connectivity index (χ1v) is 14.3. The molecule has 0 unspecified atom stereocenters. The largest absolute Gasteiger partial charge is 0.430 e. The molecule has 4 fully saturated rings. The standard InChI is InChI=1S/C31H46O4/c1-3-5-7-8-9-11-28(32)35-29-24-33-27(23-34-29)25-12-14-26(15-13-25)31-20-17-30(18-21-31,19-22-31)16-10-6-4-2/h9,11-15,27,29H,3-8,10,16-24H2,1-2H3/t27-,29-,30?,31?/m1/s1. The quantitative estimate of drug-likeness (QED) is 0.172. The van der Waals surface area contributed by atoms with E-state index in [0.717, 1.165) is 18.4 Å². The lowest BCUT2D eigenvalue weighted by Gasteiger charge is -2.54. The fourth-order valence-corrected chi connectivity index (χ4v) is 6.48. The number of hydrogen-bond acceptors (Lipinski definition) is 4. The Bertz CT molecular complexity index is 794. The van der Waals surface area contributed by atoms with E-state index in [9.17, 15) is 4.79 Å². The van der Waals surface area contributed by atoms with Crippen molar-refractivity contribution in [3.63, 3.8) is 0 Å². The van der Waals surface area contributed by atoms with Gasteiger partial charge < -0.3 is 14.2 Å². The molecule has 0 N–H and O–H groups in total. The zero-order valence-corrected chi connectivity index (χ0v) is 22.1. The molecular weight excluding hydrogens is 436 g/mol. The minimum Gasteiger partial charge on any atom is -0.430 e. The predicted octanol–water partition coefficient (Wildman–Crippen LogP) is 7.95. The van der Waals surface area contributed by atoms with Crippen LogP contribution in [0.1, 0.15) is 121 Å². The molecule has 4 aliphatic rings. The molecule has 1 aliphatic heterocycles. The van der Waals surface area contributed by atoms with E-state index >= 15 is 0 Å². The summed E-state index contributed by atoms with van der Waals surface area (Å²) in [5.41, 5.74) is 3.69. The maximum absolute atomic E-state index is 12.0. The van der Waals surface area contributed by atoms with Crippen LogP contribution in [0.4, 0.5) is 0 Å². The van der Waals surface area contributed by atoms with E-state index in [0.29, 0.717) is 17.4 Å². The lowest BCUT2D eigenvalue weighted by Crippen LogP contribution is -2.44. The highest BCUT2D eigenvalue weighted by Gasteiger charge is 2.48. The Balaban J connectivity index is 1.23. The molecule has 3 aliphatic carbocycles. The third-order valence-electron chi connectivity index (χ3n) is 8.95. The van der Waals surface area contributed by atoms with Crippen LogP contribution < -0.4 is 0 Å². The van der Waals surface area contributed by atoms with Crippen LogP contribution in [0.3, 0.4) is 0 Å². The fourth-order valence-electron chi connectivity index (χ4n) is 6.48. The highest BCUT2D eigenvalue weighted by Crippen LogP contribution is 2.59. The summed E-state index contributed by atoms with van der Waals surface area (Å²) in [6.07, 6.45) is 20.9. The summed E-state index contributed by atoms with van der Waals surface area (Å²) in [4.78, 5) is 12.0. The third kappa shape index (κ3) is 6.77. The molecule has 2 bridgehead atoms. The average molecular weight is 483 g/mol. The van der Waals surface area contributed by atoms with E-state index in [1.54, 1.807) is 0 Å². The van der Waals surface area contributed by atoms with Gasteiger partial charge in [-0.1, -0.05) is 76.3 Å². The molecule has 1 aromatic carbocycles. The van der Waals surface area contributed by atoms with Crippen molar-refractivity contribution in [3.8, 4) is 0 Å². The lowest BCUT2D eigenvalue weighted by atomic mass is 9.51. The minimum atomic E-state index is -0.626. The van der Waals surface area contributed by atoms with Gasteiger partial charge in [0.05, 0.1) is 6.61 Å². The molecule has 4 nitrogen and oxygen atoms in total. The second-order valence-corrected chi connectivity index (χ2v) is 11.3. The van der Waals surface area contributed by atoms with E-state index < -0.39 is 6.29 Å². The van der Waals surface area contributed by atoms with Crippen LogP contribution in [0, 0.1) is 5.41 Å². The van der Waals surface area contributed by atoms with Gasteiger partial charge in [-0.15, -0.1) is 0 Å². The molecule has 2 atom stereocenters. The molecule has 0 radical (unpaired) electrons. The van der Waals surface area contributed by atoms with Crippen molar-refractivity contribution in [2.75, 3.05) is 13.2 Å². The molecule has 1 aromatic rings. The average Bonchev–Trinajstić information content (AvgIpc) is 2.90.